The molecule has 2 aromatic rings. The molecular weight excluding hydrogens is 394 g/mol. The zero-order valence-corrected chi connectivity index (χ0v) is 17.2. The zero-order chi connectivity index (χ0) is 20.3. The van der Waals surface area contributed by atoms with E-state index in [0.717, 1.165) is 31.6 Å². The van der Waals surface area contributed by atoms with Crippen molar-refractivity contribution >= 4 is 18.8 Å². The second kappa shape index (κ2) is 8.39. The van der Waals surface area contributed by atoms with Crippen molar-refractivity contribution in [2.75, 3.05) is 32.1 Å². The average molecular weight is 420 g/mol. The number of aliphatic carboxylic acids is 1. The summed E-state index contributed by atoms with van der Waals surface area (Å²) in [5.74, 6) is -0.0750. The van der Waals surface area contributed by atoms with Crippen molar-refractivity contribution in [3.8, 4) is 11.5 Å². The molecule has 2 bridgehead atoms. The Labute approximate surface area is 170 Å². The normalized spacial score (nSPS) is 23.5. The summed E-state index contributed by atoms with van der Waals surface area (Å²) in [4.78, 5) is 10.6. The summed E-state index contributed by atoms with van der Waals surface area (Å²) in [5.41, 5.74) is 0.114. The standard InChI is InChI=1S/C22H26FO5P/c23-17-3-1-4-18(13-17)28-19-5-2-6-20(14-19)29-11-8-22(9-12-29,16-27-29)7-10-26-15-21(24)25/h1-6,13-14,29H,7-12,15-16H2,(H,24,25). The molecule has 2 aromatic carbocycles. The fourth-order valence-electron chi connectivity index (χ4n) is 4.42. The van der Waals surface area contributed by atoms with Gasteiger partial charge in [-0.15, -0.1) is 0 Å². The van der Waals surface area contributed by atoms with Crippen LogP contribution < -0.4 is 10.0 Å². The Morgan fingerprint density at radius 3 is 2.52 bits per heavy atom. The molecule has 3 aliphatic heterocycles. The van der Waals surface area contributed by atoms with Crippen molar-refractivity contribution in [1.82, 2.24) is 0 Å². The number of hydrogen-bond acceptors (Lipinski definition) is 4. The summed E-state index contributed by atoms with van der Waals surface area (Å²) < 4.78 is 31.0. The zero-order valence-electron chi connectivity index (χ0n) is 16.2. The van der Waals surface area contributed by atoms with Gasteiger partial charge in [-0.3, -0.25) is 0 Å². The fourth-order valence-corrected chi connectivity index (χ4v) is 8.95. The van der Waals surface area contributed by atoms with E-state index in [2.05, 4.69) is 6.07 Å². The van der Waals surface area contributed by atoms with Crippen LogP contribution in [0.3, 0.4) is 0 Å². The molecule has 3 heterocycles. The maximum absolute atomic E-state index is 13.4. The molecule has 0 aromatic heterocycles. The van der Waals surface area contributed by atoms with E-state index in [0.29, 0.717) is 24.7 Å². The molecule has 0 saturated carbocycles. The van der Waals surface area contributed by atoms with Crippen LogP contribution in [-0.4, -0.2) is 43.2 Å². The van der Waals surface area contributed by atoms with Crippen LogP contribution in [0.25, 0.3) is 0 Å². The topological polar surface area (TPSA) is 65.0 Å². The number of halogens is 1. The summed E-state index contributed by atoms with van der Waals surface area (Å²) in [6, 6.07) is 14.2. The molecule has 0 atom stereocenters. The van der Waals surface area contributed by atoms with Crippen LogP contribution in [-0.2, 0) is 14.1 Å². The van der Waals surface area contributed by atoms with Gasteiger partial charge in [-0.2, -0.15) is 0 Å². The number of ether oxygens (including phenoxy) is 2. The van der Waals surface area contributed by atoms with Crippen LogP contribution >= 0.6 is 7.49 Å². The SMILES string of the molecule is O=C(O)COCCC12CC[PH](c3cccc(Oc4cccc(F)c4)c3)(CC1)OC2. The van der Waals surface area contributed by atoms with Crippen LogP contribution in [0.4, 0.5) is 4.39 Å². The first-order valence-corrected chi connectivity index (χ1v) is 12.3. The van der Waals surface area contributed by atoms with Crippen LogP contribution in [0.15, 0.2) is 48.5 Å². The minimum absolute atomic E-state index is 0.114. The van der Waals surface area contributed by atoms with Crippen molar-refractivity contribution in [2.45, 2.75) is 19.3 Å². The van der Waals surface area contributed by atoms with Gasteiger partial charge in [0.2, 0.25) is 0 Å². The number of benzene rings is 2. The van der Waals surface area contributed by atoms with Crippen molar-refractivity contribution in [2.24, 2.45) is 5.41 Å². The Balaban J connectivity index is 1.41. The number of hydrogen-bond donors (Lipinski definition) is 1. The van der Waals surface area contributed by atoms with E-state index in [1.165, 1.54) is 17.4 Å². The van der Waals surface area contributed by atoms with Crippen LogP contribution in [0.2, 0.25) is 0 Å². The van der Waals surface area contributed by atoms with Crippen LogP contribution in [0.5, 0.6) is 11.5 Å². The molecule has 3 fully saturated rings. The Morgan fingerprint density at radius 2 is 1.86 bits per heavy atom. The molecule has 1 N–H and O–H groups in total. The van der Waals surface area contributed by atoms with Gasteiger partial charge in [0.05, 0.1) is 0 Å². The van der Waals surface area contributed by atoms with Gasteiger partial charge in [0.1, 0.15) is 0 Å². The van der Waals surface area contributed by atoms with Gasteiger partial charge in [-0.25, -0.2) is 0 Å². The fraction of sp³-hybridized carbons (Fsp3) is 0.409. The van der Waals surface area contributed by atoms with Gasteiger partial charge in [-0.05, 0) is 0 Å². The molecule has 7 heteroatoms. The van der Waals surface area contributed by atoms with E-state index in [1.807, 2.05) is 18.2 Å². The molecule has 0 spiro atoms. The first kappa shape index (κ1) is 20.3. The Morgan fingerprint density at radius 1 is 1.14 bits per heavy atom. The van der Waals surface area contributed by atoms with Gasteiger partial charge in [0.15, 0.2) is 0 Å². The van der Waals surface area contributed by atoms with Gasteiger partial charge in [0, 0.05) is 0 Å². The number of fused-ring (bicyclic) bond motifs is 3. The molecule has 0 aliphatic carbocycles. The Kier molecular flexibility index (Phi) is 5.86. The molecule has 0 unspecified atom stereocenters. The number of carboxylic acid groups (broad SMARTS) is 1. The first-order valence-electron chi connectivity index (χ1n) is 9.96. The second-order valence-electron chi connectivity index (χ2n) is 8.07. The van der Waals surface area contributed by atoms with Crippen molar-refractivity contribution in [1.29, 1.82) is 0 Å². The Hall–Kier alpha value is -2.01. The van der Waals surface area contributed by atoms with Gasteiger partial charge in [-0.1, -0.05) is 0 Å². The van der Waals surface area contributed by atoms with Crippen LogP contribution in [0, 0.1) is 11.2 Å². The third-order valence-corrected chi connectivity index (χ3v) is 10.3. The summed E-state index contributed by atoms with van der Waals surface area (Å²) in [7, 11) is -2.03. The molecular formula is C22H26FO5P. The quantitative estimate of drug-likeness (QED) is 0.512. The number of carboxylic acids is 1. The van der Waals surface area contributed by atoms with Gasteiger partial charge in [0.25, 0.3) is 0 Å². The summed E-state index contributed by atoms with van der Waals surface area (Å²) in [5, 5.41) is 9.92. The molecule has 0 amide bonds. The molecule has 5 rings (SSSR count). The van der Waals surface area contributed by atoms with Gasteiger partial charge >= 0.3 is 170 Å². The second-order valence-corrected chi connectivity index (χ2v) is 11.9. The van der Waals surface area contributed by atoms with E-state index in [4.69, 9.17) is 19.1 Å². The summed E-state index contributed by atoms with van der Waals surface area (Å²) in [6.07, 6.45) is 5.12. The third kappa shape index (κ3) is 4.61. The summed E-state index contributed by atoms with van der Waals surface area (Å²) in [6.45, 7) is 0.930. The predicted molar refractivity (Wildman–Crippen MR) is 111 cm³/mol. The van der Waals surface area contributed by atoms with Crippen molar-refractivity contribution in [3.63, 3.8) is 0 Å². The van der Waals surface area contributed by atoms with E-state index < -0.39 is 13.5 Å². The molecule has 3 aliphatic rings. The summed E-state index contributed by atoms with van der Waals surface area (Å²) >= 11 is 0. The number of carbonyl (C=O) groups is 1. The van der Waals surface area contributed by atoms with Crippen molar-refractivity contribution in [3.05, 3.63) is 54.3 Å². The van der Waals surface area contributed by atoms with E-state index in [1.54, 1.807) is 12.1 Å². The predicted octanol–water partition coefficient (Wildman–Crippen LogP) is 4.21. The van der Waals surface area contributed by atoms with E-state index in [-0.39, 0.29) is 17.8 Å². The number of rotatable bonds is 8. The van der Waals surface area contributed by atoms with E-state index in [9.17, 15) is 9.18 Å². The Bertz CT molecular complexity index is 862. The van der Waals surface area contributed by atoms with Crippen LogP contribution in [0.1, 0.15) is 19.3 Å². The molecule has 5 nitrogen and oxygen atoms in total. The van der Waals surface area contributed by atoms with Crippen molar-refractivity contribution < 1.29 is 28.3 Å². The first-order chi connectivity index (χ1) is 14.0. The molecule has 29 heavy (non-hydrogen) atoms. The van der Waals surface area contributed by atoms with Gasteiger partial charge < -0.3 is 0 Å². The molecule has 0 radical (unpaired) electrons. The monoisotopic (exact) mass is 420 g/mol. The third-order valence-electron chi connectivity index (χ3n) is 6.17. The molecule has 156 valence electrons. The average Bonchev–Trinajstić information content (AvgIpc) is 2.73. The molecule has 3 saturated heterocycles. The maximum atomic E-state index is 13.4. The van der Waals surface area contributed by atoms with E-state index >= 15 is 0 Å². The minimum atomic E-state index is -2.03.